The Morgan fingerprint density at radius 1 is 0.808 bits per heavy atom. The van der Waals surface area contributed by atoms with Crippen LogP contribution in [0.2, 0.25) is 0 Å². The minimum atomic E-state index is -0.133. The fourth-order valence-electron chi connectivity index (χ4n) is 7.32. The zero-order valence-corrected chi connectivity index (χ0v) is 33.3. The molecule has 3 heterocycles. The molecular formula is C46H48N4OPd. The van der Waals surface area contributed by atoms with E-state index in [0.717, 1.165) is 63.8 Å². The van der Waals surface area contributed by atoms with Crippen LogP contribution in [0.4, 0.5) is 0 Å². The van der Waals surface area contributed by atoms with Crippen molar-refractivity contribution >= 4 is 21.8 Å². The van der Waals surface area contributed by atoms with E-state index in [4.69, 9.17) is 14.8 Å². The van der Waals surface area contributed by atoms with Crippen molar-refractivity contribution in [2.45, 2.75) is 92.9 Å². The van der Waals surface area contributed by atoms with Gasteiger partial charge in [-0.2, -0.15) is 11.2 Å². The molecule has 0 aliphatic carbocycles. The number of rotatable bonds is 9. The summed E-state index contributed by atoms with van der Waals surface area (Å²) in [5.74, 6) is 2.37. The van der Waals surface area contributed by atoms with Crippen LogP contribution in [0, 0.1) is 32.9 Å². The van der Waals surface area contributed by atoms with E-state index in [1.807, 2.05) is 12.3 Å². The Morgan fingerprint density at radius 3 is 2.27 bits per heavy atom. The molecule has 0 aliphatic heterocycles. The van der Waals surface area contributed by atoms with Crippen LogP contribution in [0.5, 0.6) is 11.5 Å². The average molecular weight is 779 g/mol. The SMILES string of the molecule is CCCCc1ccnc(-n2c3[c-]c(Oc4[c-]c(-n5nc(C)c(-c6c(C)cccc6C)c5C(C)C)cc(C(C)(C)C)c4)ccc3c3ccccc32)c1.[Pd+2]. The quantitative estimate of drug-likeness (QED) is 0.108. The number of hydrogen-bond acceptors (Lipinski definition) is 3. The monoisotopic (exact) mass is 778 g/mol. The molecule has 0 radical (unpaired) electrons. The molecule has 0 N–H and O–H groups in total. The van der Waals surface area contributed by atoms with Gasteiger partial charge in [0, 0.05) is 28.8 Å². The normalized spacial score (nSPS) is 11.8. The van der Waals surface area contributed by atoms with Crippen molar-refractivity contribution < 1.29 is 25.2 Å². The summed E-state index contributed by atoms with van der Waals surface area (Å²) in [6, 6.07) is 35.1. The molecule has 0 atom stereocenters. The topological polar surface area (TPSA) is 44.9 Å². The maximum absolute atomic E-state index is 6.72. The fraction of sp³-hybridized carbons (Fsp3) is 0.304. The van der Waals surface area contributed by atoms with Gasteiger partial charge >= 0.3 is 20.4 Å². The van der Waals surface area contributed by atoms with Crippen molar-refractivity contribution in [3.8, 4) is 34.1 Å². The zero-order chi connectivity index (χ0) is 36.0. The molecule has 0 saturated heterocycles. The van der Waals surface area contributed by atoms with Crippen molar-refractivity contribution in [1.82, 2.24) is 19.3 Å². The average Bonchev–Trinajstić information content (AvgIpc) is 3.61. The van der Waals surface area contributed by atoms with Crippen LogP contribution in [0.1, 0.15) is 93.9 Å². The summed E-state index contributed by atoms with van der Waals surface area (Å²) in [5.41, 5.74) is 12.3. The van der Waals surface area contributed by atoms with Crippen LogP contribution >= 0.6 is 0 Å². The van der Waals surface area contributed by atoms with Crippen LogP contribution in [-0.4, -0.2) is 19.3 Å². The third kappa shape index (κ3) is 7.00. The van der Waals surface area contributed by atoms with E-state index in [1.165, 1.54) is 33.5 Å². The van der Waals surface area contributed by atoms with Gasteiger partial charge in [-0.1, -0.05) is 89.9 Å². The molecule has 0 aliphatic rings. The number of benzene rings is 4. The zero-order valence-electron chi connectivity index (χ0n) is 31.8. The molecular weight excluding hydrogens is 731 g/mol. The van der Waals surface area contributed by atoms with E-state index in [2.05, 4.69) is 156 Å². The molecule has 0 amide bonds. The number of ether oxygens (including phenoxy) is 1. The van der Waals surface area contributed by atoms with Gasteiger partial charge in [0.05, 0.1) is 11.4 Å². The van der Waals surface area contributed by atoms with Crippen molar-refractivity contribution in [1.29, 1.82) is 0 Å². The fourth-order valence-corrected chi connectivity index (χ4v) is 7.32. The molecule has 0 fully saturated rings. The van der Waals surface area contributed by atoms with Crippen LogP contribution < -0.4 is 4.74 Å². The van der Waals surface area contributed by atoms with Gasteiger partial charge in [-0.25, -0.2) is 4.98 Å². The summed E-state index contributed by atoms with van der Waals surface area (Å²) in [6.45, 7) is 19.9. The van der Waals surface area contributed by atoms with Crippen LogP contribution in [0.15, 0.2) is 85.1 Å². The molecule has 3 aromatic heterocycles. The minimum Gasteiger partial charge on any atom is -0.509 e. The molecule has 0 spiro atoms. The minimum absolute atomic E-state index is 0. The molecule has 7 rings (SSSR count). The first-order chi connectivity index (χ1) is 24.4. The van der Waals surface area contributed by atoms with E-state index in [0.29, 0.717) is 11.5 Å². The van der Waals surface area contributed by atoms with Gasteiger partial charge < -0.3 is 9.30 Å². The summed E-state index contributed by atoms with van der Waals surface area (Å²) < 4.78 is 11.0. The van der Waals surface area contributed by atoms with Crippen LogP contribution in [-0.2, 0) is 32.3 Å². The van der Waals surface area contributed by atoms with Gasteiger partial charge in [0.2, 0.25) is 0 Å². The van der Waals surface area contributed by atoms with Gasteiger partial charge in [-0.15, -0.1) is 41.3 Å². The largest absolute Gasteiger partial charge is 2.00 e. The number of hydrogen-bond donors (Lipinski definition) is 0. The predicted molar refractivity (Wildman–Crippen MR) is 211 cm³/mol. The maximum atomic E-state index is 6.72. The van der Waals surface area contributed by atoms with Gasteiger partial charge in [0.25, 0.3) is 0 Å². The van der Waals surface area contributed by atoms with E-state index >= 15 is 0 Å². The third-order valence-corrected chi connectivity index (χ3v) is 9.93. The molecule has 0 unspecified atom stereocenters. The molecule has 4 aromatic carbocycles. The molecule has 5 nitrogen and oxygen atoms in total. The van der Waals surface area contributed by atoms with E-state index in [-0.39, 0.29) is 31.8 Å². The summed E-state index contributed by atoms with van der Waals surface area (Å²) in [7, 11) is 0. The van der Waals surface area contributed by atoms with Gasteiger partial charge in [-0.3, -0.25) is 4.68 Å². The number of fused-ring (bicyclic) bond motifs is 3. The summed E-state index contributed by atoms with van der Waals surface area (Å²) >= 11 is 0. The Balaban J connectivity index is 0.00000464. The molecule has 0 bridgehead atoms. The molecule has 52 heavy (non-hydrogen) atoms. The number of aromatic nitrogens is 4. The van der Waals surface area contributed by atoms with E-state index in [1.54, 1.807) is 0 Å². The molecule has 6 heteroatoms. The van der Waals surface area contributed by atoms with Gasteiger partial charge in [-0.05, 0) is 96.5 Å². The predicted octanol–water partition coefficient (Wildman–Crippen LogP) is 12.1. The Bertz CT molecular complexity index is 2370. The van der Waals surface area contributed by atoms with Crippen molar-refractivity contribution in [2.24, 2.45) is 0 Å². The Kier molecular flexibility index (Phi) is 10.6. The van der Waals surface area contributed by atoms with Crippen molar-refractivity contribution in [3.05, 3.63) is 131 Å². The maximum Gasteiger partial charge on any atom is 2.00 e. The van der Waals surface area contributed by atoms with Crippen LogP contribution in [0.3, 0.4) is 0 Å². The summed E-state index contributed by atoms with van der Waals surface area (Å²) in [6.07, 6.45) is 5.26. The second-order valence-electron chi connectivity index (χ2n) is 15.2. The smallest absolute Gasteiger partial charge is 0.509 e. The van der Waals surface area contributed by atoms with E-state index in [9.17, 15) is 0 Å². The van der Waals surface area contributed by atoms with Crippen molar-refractivity contribution in [2.75, 3.05) is 0 Å². The summed E-state index contributed by atoms with van der Waals surface area (Å²) in [5, 5.41) is 7.45. The first-order valence-corrected chi connectivity index (χ1v) is 18.3. The Morgan fingerprint density at radius 2 is 1.56 bits per heavy atom. The number of aryl methyl sites for hydroxylation is 4. The standard InChI is InChI=1S/C46H48N4O.Pd/c1-10-11-17-33-22-23-47-42(24-33)49-40-19-13-12-18-38(40)39-21-20-36(28-41(39)49)51-37-26-34(46(7,8)9)25-35(27-37)50-45(29(2)3)44(32(6)48-50)43-30(4)15-14-16-31(43)5;/h12-16,18-26,29H,10-11,17H2,1-9H3;/q-2;+2. The summed E-state index contributed by atoms with van der Waals surface area (Å²) in [4.78, 5) is 4.84. The Hall–Kier alpha value is -4.50. The van der Waals surface area contributed by atoms with Crippen LogP contribution in [0.25, 0.3) is 44.4 Å². The van der Waals surface area contributed by atoms with Crippen molar-refractivity contribution in [3.63, 3.8) is 0 Å². The Labute approximate surface area is 322 Å². The third-order valence-electron chi connectivity index (χ3n) is 9.93. The first kappa shape index (κ1) is 37.3. The number of nitrogens with zero attached hydrogens (tertiary/aromatic N) is 4. The molecule has 0 saturated carbocycles. The molecule has 7 aromatic rings. The number of para-hydroxylation sites is 1. The first-order valence-electron chi connectivity index (χ1n) is 18.3. The van der Waals surface area contributed by atoms with E-state index < -0.39 is 0 Å². The number of unbranched alkanes of at least 4 members (excludes halogenated alkanes) is 1. The van der Waals surface area contributed by atoms with Gasteiger partial charge in [0.15, 0.2) is 0 Å². The number of pyridine rings is 1. The second-order valence-corrected chi connectivity index (χ2v) is 15.2. The molecule has 268 valence electrons. The van der Waals surface area contributed by atoms with Gasteiger partial charge in [0.1, 0.15) is 5.82 Å². The second kappa shape index (κ2) is 14.9.